The van der Waals surface area contributed by atoms with E-state index in [1.165, 1.54) is 4.31 Å². The van der Waals surface area contributed by atoms with E-state index in [4.69, 9.17) is 4.74 Å². The fourth-order valence-electron chi connectivity index (χ4n) is 2.99. The van der Waals surface area contributed by atoms with Crippen LogP contribution in [0.2, 0.25) is 0 Å². The van der Waals surface area contributed by atoms with Crippen LogP contribution in [0.3, 0.4) is 0 Å². The molecule has 1 aliphatic carbocycles. The largest absolute Gasteiger partial charge is 0.476 e. The van der Waals surface area contributed by atoms with Crippen LogP contribution in [-0.2, 0) is 20.6 Å². The van der Waals surface area contributed by atoms with Gasteiger partial charge in [-0.1, -0.05) is 42.5 Å². The molecule has 7 heteroatoms. The Kier molecular flexibility index (Phi) is 4.32. The highest BCUT2D eigenvalue weighted by atomic mass is 32.2. The van der Waals surface area contributed by atoms with E-state index in [0.717, 1.165) is 12.8 Å². The van der Waals surface area contributed by atoms with Crippen molar-refractivity contribution in [2.24, 2.45) is 0 Å². The summed E-state index contributed by atoms with van der Waals surface area (Å²) in [5, 5.41) is 2.89. The van der Waals surface area contributed by atoms with Crippen molar-refractivity contribution in [2.75, 3.05) is 10.8 Å². The Labute approximate surface area is 152 Å². The Hall–Kier alpha value is -2.54. The smallest absolute Gasteiger partial charge is 0.263 e. The number of nitrogens with one attached hydrogen (secondary N) is 1. The van der Waals surface area contributed by atoms with Gasteiger partial charge in [0, 0.05) is 6.04 Å². The molecule has 4 rings (SSSR count). The molecule has 0 aromatic heterocycles. The second kappa shape index (κ2) is 6.64. The van der Waals surface area contributed by atoms with Crippen LogP contribution in [0, 0.1) is 0 Å². The van der Waals surface area contributed by atoms with Gasteiger partial charge in [0.25, 0.3) is 5.91 Å². The van der Waals surface area contributed by atoms with Crippen LogP contribution >= 0.6 is 0 Å². The number of rotatable bonds is 5. The van der Waals surface area contributed by atoms with Gasteiger partial charge in [-0.25, -0.2) is 8.42 Å². The third-order valence-corrected chi connectivity index (χ3v) is 6.19. The summed E-state index contributed by atoms with van der Waals surface area (Å²) in [6.45, 7) is -0.0231. The Morgan fingerprint density at radius 2 is 1.77 bits per heavy atom. The van der Waals surface area contributed by atoms with Gasteiger partial charge in [-0.3, -0.25) is 9.10 Å². The molecule has 1 saturated carbocycles. The summed E-state index contributed by atoms with van der Waals surface area (Å²) in [4.78, 5) is 12.4. The van der Waals surface area contributed by atoms with E-state index < -0.39 is 16.1 Å². The van der Waals surface area contributed by atoms with Crippen LogP contribution in [0.5, 0.6) is 5.75 Å². The molecule has 2 aromatic rings. The number of sulfonamides is 1. The molecular weight excluding hydrogens is 352 g/mol. The van der Waals surface area contributed by atoms with Crippen molar-refractivity contribution < 1.29 is 17.9 Å². The van der Waals surface area contributed by atoms with Crippen LogP contribution in [0.1, 0.15) is 18.4 Å². The van der Waals surface area contributed by atoms with Gasteiger partial charge in [0.2, 0.25) is 10.0 Å². The first-order valence-corrected chi connectivity index (χ1v) is 10.2. The first-order valence-electron chi connectivity index (χ1n) is 8.63. The van der Waals surface area contributed by atoms with Crippen LogP contribution in [-0.4, -0.2) is 33.0 Å². The third-order valence-electron chi connectivity index (χ3n) is 4.48. The fourth-order valence-corrected chi connectivity index (χ4v) is 4.57. The molecule has 2 aliphatic rings. The number of carbonyl (C=O) groups excluding carboxylic acids is 1. The summed E-state index contributed by atoms with van der Waals surface area (Å²) in [6, 6.07) is 16.1. The van der Waals surface area contributed by atoms with E-state index >= 15 is 0 Å². The highest BCUT2D eigenvalue weighted by Gasteiger charge is 2.38. The van der Waals surface area contributed by atoms with Crippen molar-refractivity contribution in [1.29, 1.82) is 0 Å². The van der Waals surface area contributed by atoms with Crippen molar-refractivity contribution >= 4 is 21.6 Å². The molecule has 2 aromatic carbocycles. The molecule has 1 atom stereocenters. The van der Waals surface area contributed by atoms with Crippen LogP contribution in [0.4, 0.5) is 5.69 Å². The highest BCUT2D eigenvalue weighted by Crippen LogP contribution is 2.36. The predicted molar refractivity (Wildman–Crippen MR) is 98.4 cm³/mol. The number of carbonyl (C=O) groups is 1. The van der Waals surface area contributed by atoms with Gasteiger partial charge in [0.15, 0.2) is 6.10 Å². The number of para-hydroxylation sites is 2. The van der Waals surface area contributed by atoms with Gasteiger partial charge < -0.3 is 10.1 Å². The van der Waals surface area contributed by atoms with E-state index in [1.807, 2.05) is 18.2 Å². The number of ether oxygens (including phenoxy) is 1. The van der Waals surface area contributed by atoms with Gasteiger partial charge in [-0.05, 0) is 30.5 Å². The van der Waals surface area contributed by atoms with Crippen molar-refractivity contribution in [3.63, 3.8) is 0 Å². The second-order valence-corrected chi connectivity index (χ2v) is 8.52. The normalized spacial score (nSPS) is 19.4. The Balaban J connectivity index is 1.63. The summed E-state index contributed by atoms with van der Waals surface area (Å²) in [7, 11) is -3.66. The average molecular weight is 372 g/mol. The van der Waals surface area contributed by atoms with E-state index in [1.54, 1.807) is 36.4 Å². The zero-order valence-electron chi connectivity index (χ0n) is 14.2. The molecule has 1 unspecified atom stereocenters. The molecule has 136 valence electrons. The molecule has 0 saturated heterocycles. The van der Waals surface area contributed by atoms with Gasteiger partial charge in [-0.15, -0.1) is 0 Å². The lowest BCUT2D eigenvalue weighted by Crippen LogP contribution is -2.51. The number of nitrogens with zero attached hydrogens (tertiary/aromatic N) is 1. The minimum Gasteiger partial charge on any atom is -0.476 e. The zero-order valence-corrected chi connectivity index (χ0v) is 15.0. The zero-order chi connectivity index (χ0) is 18.1. The van der Waals surface area contributed by atoms with Gasteiger partial charge in [0.1, 0.15) is 5.75 Å². The minimum absolute atomic E-state index is 0.0231. The van der Waals surface area contributed by atoms with Crippen molar-refractivity contribution in [2.45, 2.75) is 30.7 Å². The first kappa shape index (κ1) is 16.9. The minimum atomic E-state index is -3.66. The molecule has 0 bridgehead atoms. The Morgan fingerprint density at radius 3 is 2.50 bits per heavy atom. The molecule has 0 radical (unpaired) electrons. The Bertz CT molecular complexity index is 910. The molecule has 1 N–H and O–H groups in total. The third kappa shape index (κ3) is 3.53. The molecule has 6 nitrogen and oxygen atoms in total. The number of benzene rings is 2. The van der Waals surface area contributed by atoms with Crippen molar-refractivity contribution in [1.82, 2.24) is 5.32 Å². The van der Waals surface area contributed by atoms with Crippen molar-refractivity contribution in [3.8, 4) is 5.75 Å². The van der Waals surface area contributed by atoms with Gasteiger partial charge in [-0.2, -0.15) is 0 Å². The maximum absolute atomic E-state index is 13.1. The predicted octanol–water partition coefficient (Wildman–Crippen LogP) is 2.06. The summed E-state index contributed by atoms with van der Waals surface area (Å²) in [5.74, 6) is 0.0207. The molecule has 1 amide bonds. The monoisotopic (exact) mass is 372 g/mol. The lowest BCUT2D eigenvalue weighted by molar-refractivity contribution is -0.127. The number of fused-ring (bicyclic) bond motifs is 1. The number of amides is 1. The summed E-state index contributed by atoms with van der Waals surface area (Å²) < 4.78 is 33.2. The molecule has 26 heavy (non-hydrogen) atoms. The van der Waals surface area contributed by atoms with E-state index in [9.17, 15) is 13.2 Å². The van der Waals surface area contributed by atoms with E-state index in [0.29, 0.717) is 17.0 Å². The van der Waals surface area contributed by atoms with Gasteiger partial charge in [0.05, 0.1) is 18.0 Å². The second-order valence-electron chi connectivity index (χ2n) is 6.63. The van der Waals surface area contributed by atoms with Crippen molar-refractivity contribution in [3.05, 3.63) is 60.2 Å². The number of hydrogen-bond donors (Lipinski definition) is 1. The standard InChI is InChI=1S/C19H20N2O4S/c22-19(20-15-10-11-15)18-12-21(16-8-4-5-9-17(16)25-18)26(23,24)13-14-6-2-1-3-7-14/h1-9,15,18H,10-13H2,(H,20,22). The fraction of sp³-hybridized carbons (Fsp3) is 0.316. The van der Waals surface area contributed by atoms with Gasteiger partial charge >= 0.3 is 0 Å². The number of anilines is 1. The summed E-state index contributed by atoms with van der Waals surface area (Å²) in [6.07, 6.45) is 1.08. The Morgan fingerprint density at radius 1 is 1.08 bits per heavy atom. The lowest BCUT2D eigenvalue weighted by Gasteiger charge is -2.34. The topological polar surface area (TPSA) is 75.7 Å². The van der Waals surface area contributed by atoms with Crippen LogP contribution in [0.15, 0.2) is 54.6 Å². The van der Waals surface area contributed by atoms with Crippen LogP contribution < -0.4 is 14.4 Å². The summed E-state index contributed by atoms with van der Waals surface area (Å²) >= 11 is 0. The maximum atomic E-state index is 13.1. The summed E-state index contributed by atoms with van der Waals surface area (Å²) in [5.41, 5.74) is 1.18. The highest BCUT2D eigenvalue weighted by molar-refractivity contribution is 7.92. The van der Waals surface area contributed by atoms with E-state index in [-0.39, 0.29) is 24.2 Å². The maximum Gasteiger partial charge on any atom is 0.263 e. The van der Waals surface area contributed by atoms with E-state index in [2.05, 4.69) is 5.32 Å². The molecule has 0 spiro atoms. The quantitative estimate of drug-likeness (QED) is 0.872. The molecule has 1 fully saturated rings. The molecular formula is C19H20N2O4S. The number of hydrogen-bond acceptors (Lipinski definition) is 4. The molecule has 1 aliphatic heterocycles. The van der Waals surface area contributed by atoms with Crippen LogP contribution in [0.25, 0.3) is 0 Å². The SMILES string of the molecule is O=C(NC1CC1)C1CN(S(=O)(=O)Cc2ccccc2)c2ccccc2O1. The first-order chi connectivity index (χ1) is 12.5. The molecule has 1 heterocycles. The average Bonchev–Trinajstić information content (AvgIpc) is 3.45. The lowest BCUT2D eigenvalue weighted by atomic mass is 10.2.